The summed E-state index contributed by atoms with van der Waals surface area (Å²) >= 11 is 24.4. The lowest BCUT2D eigenvalue weighted by molar-refractivity contribution is 0.253. The van der Waals surface area contributed by atoms with E-state index in [0.29, 0.717) is 6.42 Å². The lowest BCUT2D eigenvalue weighted by atomic mass is 9.70. The van der Waals surface area contributed by atoms with Crippen LogP contribution in [0.25, 0.3) is 0 Å². The smallest absolute Gasteiger partial charge is 0.0591 e. The van der Waals surface area contributed by atoms with Gasteiger partial charge in [0.1, 0.15) is 0 Å². The number of hydrogen-bond acceptors (Lipinski definition) is 0. The highest BCUT2D eigenvalue weighted by atomic mass is 35.5. The molecule has 0 heterocycles. The Labute approximate surface area is 106 Å². The summed E-state index contributed by atoms with van der Waals surface area (Å²) in [6, 6.07) is 0. The molecule has 0 nitrogen and oxygen atoms in total. The fourth-order valence-corrected chi connectivity index (χ4v) is 3.31. The van der Waals surface area contributed by atoms with Gasteiger partial charge in [0.05, 0.1) is 10.3 Å². The molecule has 0 aromatic heterocycles. The Morgan fingerprint density at radius 1 is 1.21 bits per heavy atom. The summed E-state index contributed by atoms with van der Waals surface area (Å²) in [5.41, 5.74) is 1.35. The van der Waals surface area contributed by atoms with Gasteiger partial charge in [0.15, 0.2) is 0 Å². The first-order chi connectivity index (χ1) is 6.32. The van der Waals surface area contributed by atoms with E-state index in [2.05, 4.69) is 6.92 Å². The van der Waals surface area contributed by atoms with Crippen LogP contribution >= 0.6 is 46.4 Å². The molecular weight excluding hydrogens is 262 g/mol. The van der Waals surface area contributed by atoms with Gasteiger partial charge in [-0.15, -0.1) is 34.8 Å². The van der Waals surface area contributed by atoms with E-state index in [0.717, 1.165) is 6.42 Å². The molecule has 1 rings (SSSR count). The minimum absolute atomic E-state index is 0.00757. The number of halogens is 4. The maximum atomic E-state index is 6.34. The van der Waals surface area contributed by atoms with Crippen LogP contribution in [0.15, 0.2) is 11.6 Å². The molecular formula is C10H14Cl4. The molecule has 0 N–H and O–H groups in total. The quantitative estimate of drug-likeness (QED) is 0.606. The first kappa shape index (κ1) is 13.0. The van der Waals surface area contributed by atoms with Gasteiger partial charge in [-0.3, -0.25) is 0 Å². The van der Waals surface area contributed by atoms with Crippen LogP contribution < -0.4 is 0 Å². The summed E-state index contributed by atoms with van der Waals surface area (Å²) in [6.07, 6.45) is 3.36. The molecule has 0 bridgehead atoms. The second kappa shape index (κ2) is 4.41. The fraction of sp³-hybridized carbons (Fsp3) is 0.800. The highest BCUT2D eigenvalue weighted by molar-refractivity contribution is 6.33. The fourth-order valence-electron chi connectivity index (χ4n) is 1.97. The van der Waals surface area contributed by atoms with Gasteiger partial charge in [-0.25, -0.2) is 0 Å². The Morgan fingerprint density at radius 2 is 1.79 bits per heavy atom. The number of rotatable bonds is 1. The van der Waals surface area contributed by atoms with Crippen LogP contribution in [0.2, 0.25) is 0 Å². The number of alkyl halides is 3. The molecule has 1 aliphatic carbocycles. The Kier molecular flexibility index (Phi) is 4.09. The second-order valence-corrected chi connectivity index (χ2v) is 6.59. The van der Waals surface area contributed by atoms with E-state index in [4.69, 9.17) is 46.4 Å². The van der Waals surface area contributed by atoms with E-state index in [-0.39, 0.29) is 16.2 Å². The predicted octanol–water partition coefficient (Wildman–Crippen LogP) is 4.75. The van der Waals surface area contributed by atoms with Gasteiger partial charge in [0, 0.05) is 16.3 Å². The molecule has 0 aromatic carbocycles. The van der Waals surface area contributed by atoms with Gasteiger partial charge in [0.2, 0.25) is 0 Å². The summed E-state index contributed by atoms with van der Waals surface area (Å²) in [4.78, 5) is -0.405. The van der Waals surface area contributed by atoms with Crippen molar-refractivity contribution in [2.75, 3.05) is 0 Å². The molecule has 82 valence electrons. The lowest BCUT2D eigenvalue weighted by Crippen LogP contribution is -2.47. The zero-order chi connectivity index (χ0) is 11.0. The average Bonchev–Trinajstić information content (AvgIpc) is 2.01. The van der Waals surface area contributed by atoms with Crippen LogP contribution in [0, 0.1) is 5.41 Å². The first-order valence-electron chi connectivity index (χ1n) is 4.57. The summed E-state index contributed by atoms with van der Waals surface area (Å²) in [5.74, 6) is 0. The topological polar surface area (TPSA) is 0 Å². The van der Waals surface area contributed by atoms with Crippen LogP contribution in [-0.4, -0.2) is 15.6 Å². The van der Waals surface area contributed by atoms with Crippen LogP contribution in [0.5, 0.6) is 0 Å². The maximum Gasteiger partial charge on any atom is 0.0591 e. The molecule has 0 amide bonds. The van der Waals surface area contributed by atoms with Gasteiger partial charge >= 0.3 is 0 Å². The van der Waals surface area contributed by atoms with Gasteiger partial charge in [-0.1, -0.05) is 24.6 Å². The Bertz CT molecular complexity index is 236. The molecule has 1 saturated carbocycles. The van der Waals surface area contributed by atoms with Gasteiger partial charge in [0.25, 0.3) is 0 Å². The summed E-state index contributed by atoms with van der Waals surface area (Å²) in [5, 5.41) is -0.0877. The van der Waals surface area contributed by atoms with Crippen molar-refractivity contribution in [1.82, 2.24) is 0 Å². The van der Waals surface area contributed by atoms with E-state index >= 15 is 0 Å². The standard InChI is InChI=1S/C10H14Cl4/c1-9(3-4-11)6-10(2,14)8(13)5-7(9)12/h3-4,7-8H,5-6H2,1-2H3/b4-3+/t7-,8-,9+,10-/m0/s1. The van der Waals surface area contributed by atoms with Crippen molar-refractivity contribution in [2.24, 2.45) is 5.41 Å². The highest BCUT2D eigenvalue weighted by Crippen LogP contribution is 2.49. The predicted molar refractivity (Wildman–Crippen MR) is 65.9 cm³/mol. The largest absolute Gasteiger partial charge is 0.122 e. The molecule has 4 atom stereocenters. The summed E-state index contributed by atoms with van der Waals surface area (Å²) in [7, 11) is 0. The molecule has 14 heavy (non-hydrogen) atoms. The molecule has 0 radical (unpaired) electrons. The monoisotopic (exact) mass is 274 g/mol. The Balaban J connectivity index is 2.89. The van der Waals surface area contributed by atoms with E-state index in [9.17, 15) is 0 Å². The number of hydrogen-bond donors (Lipinski definition) is 0. The van der Waals surface area contributed by atoms with Gasteiger partial charge < -0.3 is 0 Å². The van der Waals surface area contributed by atoms with E-state index < -0.39 is 4.87 Å². The van der Waals surface area contributed by atoms with Crippen molar-refractivity contribution in [1.29, 1.82) is 0 Å². The lowest BCUT2D eigenvalue weighted by Gasteiger charge is -2.45. The Morgan fingerprint density at radius 3 is 2.29 bits per heavy atom. The van der Waals surface area contributed by atoms with E-state index in [1.807, 2.05) is 13.0 Å². The van der Waals surface area contributed by atoms with Gasteiger partial charge in [-0.2, -0.15) is 0 Å². The minimum atomic E-state index is -0.405. The molecule has 1 fully saturated rings. The molecule has 1 aliphatic rings. The first-order valence-corrected chi connectivity index (χ1v) is 6.25. The van der Waals surface area contributed by atoms with Crippen molar-refractivity contribution in [2.45, 2.75) is 42.3 Å². The molecule has 0 spiro atoms. The number of allylic oxidation sites excluding steroid dienone is 1. The normalized spacial score (nSPS) is 49.9. The van der Waals surface area contributed by atoms with E-state index in [1.54, 1.807) is 0 Å². The zero-order valence-corrected chi connectivity index (χ0v) is 11.3. The maximum absolute atomic E-state index is 6.34. The molecule has 0 aromatic rings. The molecule has 0 aliphatic heterocycles. The summed E-state index contributed by atoms with van der Waals surface area (Å²) < 4.78 is 0. The third-order valence-corrected chi connectivity index (χ3v) is 4.92. The van der Waals surface area contributed by atoms with Crippen LogP contribution in [0.3, 0.4) is 0 Å². The SMILES string of the molecule is C[C@]1(Cl)C[C@@](C)(/C=C/Cl)[C@@H](Cl)C[C@@H]1Cl. The molecule has 4 heteroatoms. The second-order valence-electron chi connectivity index (χ2n) is 4.42. The highest BCUT2D eigenvalue weighted by Gasteiger charge is 2.47. The van der Waals surface area contributed by atoms with Crippen LogP contribution in [0.4, 0.5) is 0 Å². The average molecular weight is 276 g/mol. The third-order valence-electron chi connectivity index (χ3n) is 2.95. The van der Waals surface area contributed by atoms with Crippen molar-refractivity contribution in [3.8, 4) is 0 Å². The van der Waals surface area contributed by atoms with Crippen LogP contribution in [0.1, 0.15) is 26.7 Å². The van der Waals surface area contributed by atoms with Crippen molar-refractivity contribution in [3.63, 3.8) is 0 Å². The van der Waals surface area contributed by atoms with Crippen molar-refractivity contribution >= 4 is 46.4 Å². The zero-order valence-electron chi connectivity index (χ0n) is 8.24. The molecule has 0 unspecified atom stereocenters. The van der Waals surface area contributed by atoms with E-state index in [1.165, 1.54) is 5.54 Å². The summed E-state index contributed by atoms with van der Waals surface area (Å²) in [6.45, 7) is 4.02. The van der Waals surface area contributed by atoms with Gasteiger partial charge in [-0.05, 0) is 19.8 Å². The van der Waals surface area contributed by atoms with Crippen LogP contribution in [-0.2, 0) is 0 Å². The third kappa shape index (κ3) is 2.52. The molecule has 0 saturated heterocycles. The van der Waals surface area contributed by atoms with Crippen molar-refractivity contribution < 1.29 is 0 Å². The van der Waals surface area contributed by atoms with Crippen molar-refractivity contribution in [3.05, 3.63) is 11.6 Å². The minimum Gasteiger partial charge on any atom is -0.122 e. The Hall–Kier alpha value is 0.900.